The zero-order valence-corrected chi connectivity index (χ0v) is 7.10. The van der Waals surface area contributed by atoms with Crippen LogP contribution >= 0.6 is 0 Å². The first-order chi connectivity index (χ1) is 6.11. The van der Waals surface area contributed by atoms with Crippen molar-refractivity contribution in [3.8, 4) is 0 Å². The lowest BCUT2D eigenvalue weighted by Crippen LogP contribution is -2.34. The summed E-state index contributed by atoms with van der Waals surface area (Å²) in [6.07, 6.45) is 0.434. The quantitative estimate of drug-likeness (QED) is 0.660. The molecule has 1 saturated heterocycles. The summed E-state index contributed by atoms with van der Waals surface area (Å²) < 4.78 is 4.98. The van der Waals surface area contributed by atoms with Crippen LogP contribution in [0.25, 0.3) is 0 Å². The van der Waals surface area contributed by atoms with E-state index >= 15 is 0 Å². The minimum Gasteiger partial charge on any atom is -0.481 e. The first-order valence-electron chi connectivity index (χ1n) is 4.13. The molecule has 0 bridgehead atoms. The van der Waals surface area contributed by atoms with Crippen LogP contribution in [-0.2, 0) is 14.3 Å². The van der Waals surface area contributed by atoms with E-state index in [0.29, 0.717) is 13.0 Å². The molecular weight excluding hydrogens is 176 g/mol. The molecule has 0 saturated carbocycles. The fourth-order valence-corrected chi connectivity index (χ4v) is 1.52. The molecule has 0 aromatic rings. The maximum Gasteiger partial charge on any atom is 0.309 e. The molecule has 2 atom stereocenters. The second-order valence-corrected chi connectivity index (χ2v) is 3.17. The fraction of sp³-hybridized carbons (Fsp3) is 0.750. The highest BCUT2D eigenvalue weighted by Gasteiger charge is 2.32. The molecule has 13 heavy (non-hydrogen) atoms. The Hall–Kier alpha value is -1.10. The number of carboxylic acid groups (broad SMARTS) is 2. The molecule has 5 nitrogen and oxygen atoms in total. The smallest absolute Gasteiger partial charge is 0.309 e. The Morgan fingerprint density at radius 1 is 1.38 bits per heavy atom. The summed E-state index contributed by atoms with van der Waals surface area (Å²) in [6.45, 7) is 0.592. The van der Waals surface area contributed by atoms with Gasteiger partial charge in [0.1, 0.15) is 0 Å². The maximum absolute atomic E-state index is 10.7. The van der Waals surface area contributed by atoms with Gasteiger partial charge in [-0.2, -0.15) is 0 Å². The van der Waals surface area contributed by atoms with Crippen LogP contribution in [0.5, 0.6) is 0 Å². The minimum absolute atomic E-state index is 0.0830. The van der Waals surface area contributed by atoms with Gasteiger partial charge in [0.05, 0.1) is 12.5 Å². The number of carbonyl (C=O) groups is 2. The molecule has 0 aromatic heterocycles. The van der Waals surface area contributed by atoms with Gasteiger partial charge in [-0.3, -0.25) is 9.59 Å². The fourth-order valence-electron chi connectivity index (χ4n) is 1.52. The van der Waals surface area contributed by atoms with E-state index < -0.39 is 17.9 Å². The van der Waals surface area contributed by atoms with E-state index in [1.54, 1.807) is 0 Å². The van der Waals surface area contributed by atoms with Crippen LogP contribution in [0.2, 0.25) is 0 Å². The van der Waals surface area contributed by atoms with E-state index in [1.165, 1.54) is 0 Å². The first-order valence-corrected chi connectivity index (χ1v) is 4.13. The van der Waals surface area contributed by atoms with E-state index in [2.05, 4.69) is 0 Å². The van der Waals surface area contributed by atoms with Gasteiger partial charge in [-0.1, -0.05) is 0 Å². The summed E-state index contributed by atoms with van der Waals surface area (Å²) in [5.74, 6) is -2.86. The monoisotopic (exact) mass is 188 g/mol. The summed E-state index contributed by atoms with van der Waals surface area (Å²) in [7, 11) is 0. The lowest BCUT2D eigenvalue weighted by molar-refractivity contribution is -0.151. The summed E-state index contributed by atoms with van der Waals surface area (Å²) >= 11 is 0. The van der Waals surface area contributed by atoms with Crippen LogP contribution in [-0.4, -0.2) is 35.4 Å². The topological polar surface area (TPSA) is 83.8 Å². The molecule has 74 valence electrons. The van der Waals surface area contributed by atoms with Gasteiger partial charge < -0.3 is 14.9 Å². The second-order valence-electron chi connectivity index (χ2n) is 3.17. The lowest BCUT2D eigenvalue weighted by atomic mass is 9.86. The highest BCUT2D eigenvalue weighted by atomic mass is 16.5. The van der Waals surface area contributed by atoms with Gasteiger partial charge in [-0.25, -0.2) is 0 Å². The van der Waals surface area contributed by atoms with Crippen LogP contribution in [0.3, 0.4) is 0 Å². The third-order valence-electron chi connectivity index (χ3n) is 2.25. The molecule has 1 heterocycles. The number of aliphatic carboxylic acids is 2. The summed E-state index contributed by atoms with van der Waals surface area (Å²) in [4.78, 5) is 21.1. The molecule has 0 amide bonds. The van der Waals surface area contributed by atoms with Gasteiger partial charge in [0.2, 0.25) is 0 Å². The molecule has 1 aliphatic rings. The van der Waals surface area contributed by atoms with Crippen LogP contribution in [0.15, 0.2) is 0 Å². The highest BCUT2D eigenvalue weighted by molar-refractivity contribution is 5.73. The zero-order valence-electron chi connectivity index (χ0n) is 7.10. The SMILES string of the molecule is O=C(O)CC1CCOCC1C(=O)O. The molecule has 0 aliphatic carbocycles. The van der Waals surface area contributed by atoms with Gasteiger partial charge >= 0.3 is 11.9 Å². The van der Waals surface area contributed by atoms with Crippen LogP contribution in [0, 0.1) is 11.8 Å². The first kappa shape index (κ1) is 9.98. The van der Waals surface area contributed by atoms with Crippen molar-refractivity contribution in [2.45, 2.75) is 12.8 Å². The molecule has 2 unspecified atom stereocenters. The Labute approximate surface area is 75.3 Å². The molecule has 1 aliphatic heterocycles. The molecular formula is C8H12O5. The summed E-state index contributed by atoms with van der Waals surface area (Å²) in [6, 6.07) is 0. The molecule has 5 heteroatoms. The third-order valence-corrected chi connectivity index (χ3v) is 2.25. The minimum atomic E-state index is -0.967. The van der Waals surface area contributed by atoms with Gasteiger partial charge in [-0.05, 0) is 12.3 Å². The van der Waals surface area contributed by atoms with Crippen molar-refractivity contribution in [2.24, 2.45) is 11.8 Å². The van der Waals surface area contributed by atoms with E-state index in [4.69, 9.17) is 14.9 Å². The van der Waals surface area contributed by atoms with Crippen LogP contribution in [0.1, 0.15) is 12.8 Å². The second kappa shape index (κ2) is 4.23. The van der Waals surface area contributed by atoms with E-state index in [9.17, 15) is 9.59 Å². The van der Waals surface area contributed by atoms with Gasteiger partial charge in [-0.15, -0.1) is 0 Å². The van der Waals surface area contributed by atoms with Gasteiger partial charge in [0, 0.05) is 13.0 Å². The molecule has 1 fully saturated rings. The summed E-state index contributed by atoms with van der Waals surface area (Å²) in [5.41, 5.74) is 0. The van der Waals surface area contributed by atoms with E-state index in [1.807, 2.05) is 0 Å². The van der Waals surface area contributed by atoms with Crippen molar-refractivity contribution in [1.82, 2.24) is 0 Å². The standard InChI is InChI=1S/C8H12O5/c9-7(10)3-5-1-2-13-4-6(5)8(11)12/h5-6H,1-4H2,(H,9,10)(H,11,12). The van der Waals surface area contributed by atoms with Gasteiger partial charge in [0.15, 0.2) is 0 Å². The number of ether oxygens (including phenoxy) is 1. The van der Waals surface area contributed by atoms with Crippen molar-refractivity contribution < 1.29 is 24.5 Å². The Kier molecular flexibility index (Phi) is 3.25. The normalized spacial score (nSPS) is 28.3. The molecule has 2 N–H and O–H groups in total. The van der Waals surface area contributed by atoms with E-state index in [0.717, 1.165) is 0 Å². The van der Waals surface area contributed by atoms with Crippen molar-refractivity contribution >= 4 is 11.9 Å². The van der Waals surface area contributed by atoms with Gasteiger partial charge in [0.25, 0.3) is 0 Å². The third kappa shape index (κ3) is 2.69. The van der Waals surface area contributed by atoms with Crippen molar-refractivity contribution in [3.63, 3.8) is 0 Å². The molecule has 0 aromatic carbocycles. The Bertz CT molecular complexity index is 213. The van der Waals surface area contributed by atoms with Crippen LogP contribution < -0.4 is 0 Å². The highest BCUT2D eigenvalue weighted by Crippen LogP contribution is 2.25. The number of carboxylic acids is 2. The average Bonchev–Trinajstić information content (AvgIpc) is 2.03. The Morgan fingerprint density at radius 3 is 2.62 bits per heavy atom. The maximum atomic E-state index is 10.7. The predicted molar refractivity (Wildman–Crippen MR) is 42.3 cm³/mol. The Morgan fingerprint density at radius 2 is 2.08 bits per heavy atom. The Balaban J connectivity index is 2.56. The average molecular weight is 188 g/mol. The number of hydrogen-bond acceptors (Lipinski definition) is 3. The van der Waals surface area contributed by atoms with Crippen molar-refractivity contribution in [1.29, 1.82) is 0 Å². The zero-order chi connectivity index (χ0) is 9.84. The predicted octanol–water partition coefficient (Wildman–Crippen LogP) is 0.198. The van der Waals surface area contributed by atoms with Crippen molar-refractivity contribution in [3.05, 3.63) is 0 Å². The number of hydrogen-bond donors (Lipinski definition) is 2. The molecule has 1 rings (SSSR count). The van der Waals surface area contributed by atoms with Crippen LogP contribution in [0.4, 0.5) is 0 Å². The number of rotatable bonds is 3. The lowest BCUT2D eigenvalue weighted by Gasteiger charge is -2.27. The molecule has 0 spiro atoms. The largest absolute Gasteiger partial charge is 0.481 e. The molecule has 0 radical (unpaired) electrons. The summed E-state index contributed by atoms with van der Waals surface area (Å²) in [5, 5.41) is 17.3. The van der Waals surface area contributed by atoms with E-state index in [-0.39, 0.29) is 18.9 Å². The van der Waals surface area contributed by atoms with Crippen molar-refractivity contribution in [2.75, 3.05) is 13.2 Å².